The zero-order valence-corrected chi connectivity index (χ0v) is 51.4. The fourth-order valence-electron chi connectivity index (χ4n) is 12.2. The predicted molar refractivity (Wildman–Crippen MR) is 325 cm³/mol. The molecule has 6 heterocycles. The van der Waals surface area contributed by atoms with Gasteiger partial charge in [0.2, 0.25) is 11.8 Å². The maximum atomic E-state index is 16.9. The largest absolute Gasteiger partial charge is 0.486 e. The number of hydrogen-bond acceptors (Lipinski definition) is 16. The highest BCUT2D eigenvalue weighted by Gasteiger charge is 2.44. The SMILES string of the molecule is CO[C@@H](C)COc1nc(N(C)[C@H]2CCN(C(=O)OC(C)(C)C)C2)c2cc(C3CC3)c(-c3c(C)c(F)cc4c3cnn4C3CCCCO3)c(OCc3ccc(-c4cn([C@H](C(=O)N5C[C@H](O)C[C@H]5C(=O)N[C@@H](CO)c5ccc(F)cc5)C(C)C)nn4)cc3)c2n1. The number of aliphatic hydroxyl groups excluding tert-OH is 2. The summed E-state index contributed by atoms with van der Waals surface area (Å²) < 4.78 is 65.1. The lowest BCUT2D eigenvalue weighted by molar-refractivity contribution is -0.142. The van der Waals surface area contributed by atoms with E-state index in [9.17, 15) is 29.0 Å². The number of carbonyl (C=O) groups is 3. The number of β-amino-alcohol motifs (C(OH)–C–C–N with tert-alkyl or cyclic N) is 1. The van der Waals surface area contributed by atoms with Gasteiger partial charge in [0.05, 0.1) is 42.8 Å². The van der Waals surface area contributed by atoms with Crippen molar-refractivity contribution in [3.8, 4) is 34.1 Å². The number of ether oxygens (including phenoxy) is 5. The van der Waals surface area contributed by atoms with Crippen molar-refractivity contribution in [2.75, 3.05) is 58.5 Å². The van der Waals surface area contributed by atoms with Gasteiger partial charge in [0.15, 0.2) is 12.0 Å². The van der Waals surface area contributed by atoms with E-state index in [1.165, 1.54) is 33.8 Å². The molecular formula is C65H79F2N11O10. The monoisotopic (exact) mass is 1210 g/mol. The van der Waals surface area contributed by atoms with Crippen LogP contribution in [0.2, 0.25) is 0 Å². The van der Waals surface area contributed by atoms with Crippen molar-refractivity contribution in [3.05, 3.63) is 107 Å². The fourth-order valence-corrected chi connectivity index (χ4v) is 12.2. The van der Waals surface area contributed by atoms with Gasteiger partial charge in [-0.1, -0.05) is 55.5 Å². The minimum Gasteiger partial charge on any atom is -0.486 e. The summed E-state index contributed by atoms with van der Waals surface area (Å²) in [6.45, 7) is 14.0. The quantitative estimate of drug-likeness (QED) is 0.0644. The second kappa shape index (κ2) is 25.7. The van der Waals surface area contributed by atoms with Crippen LogP contribution < -0.4 is 19.7 Å². The van der Waals surface area contributed by atoms with Gasteiger partial charge in [-0.15, -0.1) is 5.10 Å². The molecule has 3 aromatic heterocycles. The van der Waals surface area contributed by atoms with Gasteiger partial charge in [-0.3, -0.25) is 9.59 Å². The lowest BCUT2D eigenvalue weighted by atomic mass is 9.88. The number of rotatable bonds is 20. The van der Waals surface area contributed by atoms with Crippen LogP contribution >= 0.6 is 0 Å². The van der Waals surface area contributed by atoms with E-state index < -0.39 is 59.9 Å². The first-order valence-electron chi connectivity index (χ1n) is 30.5. The lowest BCUT2D eigenvalue weighted by Gasteiger charge is -2.30. The van der Waals surface area contributed by atoms with E-state index >= 15 is 4.39 Å². The number of nitrogens with one attached hydrogen (secondary N) is 1. The number of benzene rings is 4. The van der Waals surface area contributed by atoms with Crippen LogP contribution in [0.5, 0.6) is 11.8 Å². The molecule has 21 nitrogen and oxygen atoms in total. The smallest absolute Gasteiger partial charge is 0.410 e. The number of nitrogens with zero attached hydrogens (tertiary/aromatic N) is 10. The van der Waals surface area contributed by atoms with Crippen molar-refractivity contribution in [2.24, 2.45) is 5.92 Å². The highest BCUT2D eigenvalue weighted by Crippen LogP contribution is 2.54. The molecule has 4 aliphatic rings. The van der Waals surface area contributed by atoms with Crippen molar-refractivity contribution in [2.45, 2.75) is 154 Å². The molecule has 0 bridgehead atoms. The lowest BCUT2D eigenvalue weighted by Crippen LogP contribution is -2.50. The first-order valence-corrected chi connectivity index (χ1v) is 30.5. The number of fused-ring (bicyclic) bond motifs is 2. The molecule has 3 amide bonds. The van der Waals surface area contributed by atoms with E-state index in [2.05, 4.69) is 26.6 Å². The van der Waals surface area contributed by atoms with E-state index in [-0.39, 0.29) is 68.5 Å². The van der Waals surface area contributed by atoms with Crippen molar-refractivity contribution < 1.29 is 57.1 Å². The van der Waals surface area contributed by atoms with E-state index in [4.69, 9.17) is 38.8 Å². The Morgan fingerprint density at radius 1 is 0.932 bits per heavy atom. The number of halogens is 2. The molecule has 468 valence electrons. The number of aromatic nitrogens is 7. The van der Waals surface area contributed by atoms with Gasteiger partial charge < -0.3 is 53.9 Å². The van der Waals surface area contributed by atoms with Crippen LogP contribution in [0.25, 0.3) is 44.2 Å². The van der Waals surface area contributed by atoms with Crippen LogP contribution in [0.4, 0.5) is 19.4 Å². The standard InChI is InChI=1S/C65H79F2N11O10/c1-36(2)58(62(82)76-31-45(80)26-53(76)61(81)69-51(33-79)42-19-21-43(66)22-20-42)77-32-50(72-73-77)41-15-13-39(14-16-41)35-86-59-56(55-38(4)49(67)28-52-48(55)29-68-78(52)54-12-10-11-25-85-54)46(40-17-18-40)27-47-57(59)70-63(87-34-37(3)84-9)71-60(47)74(8)44-23-24-75(30-44)64(83)88-65(5,6)7/h13-16,19-22,27-29,32,36-37,40,44-45,51,53-54,58,79-80H,10-12,17-18,23-26,30-31,33-35H2,1-9H3,(H,69,81)/t37-,44-,45+,51-,53-,54?,58-/m0/s1. The molecule has 3 N–H and O–H groups in total. The van der Waals surface area contributed by atoms with Gasteiger partial charge >= 0.3 is 12.1 Å². The molecular weight excluding hydrogens is 1130 g/mol. The number of hydrogen-bond donors (Lipinski definition) is 3. The number of anilines is 1. The summed E-state index contributed by atoms with van der Waals surface area (Å²) in [6.07, 6.45) is 6.51. The van der Waals surface area contributed by atoms with E-state index in [1.807, 2.05) is 72.9 Å². The number of likely N-dealkylation sites (tertiary alicyclic amines) is 2. The Balaban J connectivity index is 0.942. The van der Waals surface area contributed by atoms with Gasteiger partial charge in [0.1, 0.15) is 59.6 Å². The first kappa shape index (κ1) is 61.8. The van der Waals surface area contributed by atoms with Crippen molar-refractivity contribution in [1.29, 1.82) is 0 Å². The average molecular weight is 1210 g/mol. The Hall–Kier alpha value is -7.86. The molecule has 11 rings (SSSR count). The van der Waals surface area contributed by atoms with Crippen LogP contribution in [0.15, 0.2) is 73.1 Å². The van der Waals surface area contributed by atoms with Gasteiger partial charge in [-0.25, -0.2) is 22.9 Å². The molecule has 23 heteroatoms. The topological polar surface area (TPSA) is 234 Å². The van der Waals surface area contributed by atoms with Crippen LogP contribution in [0.1, 0.15) is 133 Å². The fraction of sp³-hybridized carbons (Fsp3) is 0.508. The van der Waals surface area contributed by atoms with E-state index in [0.717, 1.165) is 48.6 Å². The molecule has 7 atom stereocenters. The third-order valence-corrected chi connectivity index (χ3v) is 17.2. The minimum atomic E-state index is -1.05. The third-order valence-electron chi connectivity index (χ3n) is 17.2. The summed E-state index contributed by atoms with van der Waals surface area (Å²) >= 11 is 0. The summed E-state index contributed by atoms with van der Waals surface area (Å²) in [5, 5.41) is 39.0. The molecule has 7 aromatic rings. The Bertz CT molecular complexity index is 3680. The molecule has 4 fully saturated rings. The molecule has 1 unspecified atom stereocenters. The zero-order chi connectivity index (χ0) is 62.3. The Morgan fingerprint density at radius 2 is 1.69 bits per heavy atom. The molecule has 1 saturated carbocycles. The van der Waals surface area contributed by atoms with Crippen molar-refractivity contribution in [3.63, 3.8) is 0 Å². The zero-order valence-electron chi connectivity index (χ0n) is 51.4. The van der Waals surface area contributed by atoms with Gasteiger partial charge in [0.25, 0.3) is 0 Å². The predicted octanol–water partition coefficient (Wildman–Crippen LogP) is 9.52. The molecule has 3 aliphatic heterocycles. The molecule has 3 saturated heterocycles. The number of methoxy groups -OCH3 is 1. The maximum Gasteiger partial charge on any atom is 0.410 e. The first-order chi connectivity index (χ1) is 42.2. The van der Waals surface area contributed by atoms with Crippen molar-refractivity contribution in [1.82, 2.24) is 49.9 Å². The third kappa shape index (κ3) is 13.0. The molecule has 1 aliphatic carbocycles. The second-order valence-corrected chi connectivity index (χ2v) is 25.2. The maximum absolute atomic E-state index is 16.9. The number of likely N-dealkylation sites (N-methyl/N-ethyl adjacent to an activating group) is 1. The van der Waals surface area contributed by atoms with Crippen LogP contribution in [0.3, 0.4) is 0 Å². The van der Waals surface area contributed by atoms with Crippen LogP contribution in [-0.2, 0) is 30.4 Å². The van der Waals surface area contributed by atoms with E-state index in [0.29, 0.717) is 87.6 Å². The van der Waals surface area contributed by atoms with Gasteiger partial charge in [0, 0.05) is 86.4 Å². The summed E-state index contributed by atoms with van der Waals surface area (Å²) in [4.78, 5) is 57.2. The molecule has 88 heavy (non-hydrogen) atoms. The average Bonchev–Trinajstić information content (AvgIpc) is 1.37. The molecule has 0 spiro atoms. The summed E-state index contributed by atoms with van der Waals surface area (Å²) in [5.74, 6) is -1.12. The Morgan fingerprint density at radius 3 is 2.38 bits per heavy atom. The number of amides is 3. The van der Waals surface area contributed by atoms with Crippen LogP contribution in [-0.4, -0.2) is 156 Å². The van der Waals surface area contributed by atoms with E-state index in [1.54, 1.807) is 42.1 Å². The minimum absolute atomic E-state index is 0.0177. The summed E-state index contributed by atoms with van der Waals surface area (Å²) in [5.41, 5.74) is 5.50. The van der Waals surface area contributed by atoms with Gasteiger partial charge in [-0.2, -0.15) is 15.1 Å². The summed E-state index contributed by atoms with van der Waals surface area (Å²) in [6, 6.07) is 13.8. The van der Waals surface area contributed by atoms with Gasteiger partial charge in [-0.05, 0) is 125 Å². The van der Waals surface area contributed by atoms with Crippen LogP contribution in [0, 0.1) is 24.5 Å². The Labute approximate surface area is 510 Å². The highest BCUT2D eigenvalue weighted by molar-refractivity contribution is 6.06. The van der Waals surface area contributed by atoms with Crippen molar-refractivity contribution >= 4 is 45.5 Å². The number of aliphatic hydroxyl groups is 2. The molecule has 4 aromatic carbocycles. The highest BCUT2D eigenvalue weighted by atomic mass is 19.1. The molecule has 0 radical (unpaired) electrons. The summed E-state index contributed by atoms with van der Waals surface area (Å²) in [7, 11) is 3.57. The second-order valence-electron chi connectivity index (χ2n) is 25.2. The normalized spacial score (nSPS) is 20.0. The Kier molecular flexibility index (Phi) is 18.0. The number of carbonyl (C=O) groups excluding carboxylic acids is 3.